The zero-order chi connectivity index (χ0) is 17.3. The highest BCUT2D eigenvalue weighted by Gasteiger charge is 2.18. The van der Waals surface area contributed by atoms with E-state index in [4.69, 9.17) is 0 Å². The Kier molecular flexibility index (Phi) is 4.24. The van der Waals surface area contributed by atoms with Gasteiger partial charge < -0.3 is 4.57 Å². The predicted molar refractivity (Wildman–Crippen MR) is 94.5 cm³/mol. The zero-order valence-electron chi connectivity index (χ0n) is 13.3. The van der Waals surface area contributed by atoms with Crippen LogP contribution < -0.4 is 11.2 Å². The van der Waals surface area contributed by atoms with Gasteiger partial charge in [-0.05, 0) is 17.8 Å². The summed E-state index contributed by atoms with van der Waals surface area (Å²) in [4.78, 5) is 33.1. The number of imidazole rings is 1. The molecule has 0 aliphatic rings. The molecule has 2 heterocycles. The first-order valence-corrected chi connectivity index (χ1v) is 7.68. The minimum atomic E-state index is -0.415. The number of thiocarbonyl (C=S) groups is 1. The van der Waals surface area contributed by atoms with Gasteiger partial charge in [0.2, 0.25) is 0 Å². The number of hydrogen-bond acceptors (Lipinski definition) is 5. The Morgan fingerprint density at radius 3 is 2.54 bits per heavy atom. The molecule has 122 valence electrons. The van der Waals surface area contributed by atoms with Gasteiger partial charge in [0, 0.05) is 20.6 Å². The van der Waals surface area contributed by atoms with Gasteiger partial charge in [0.1, 0.15) is 12.4 Å². The molecule has 0 unspecified atom stereocenters. The molecule has 1 aromatic carbocycles. The van der Waals surface area contributed by atoms with Crippen LogP contribution in [0.1, 0.15) is 11.4 Å². The summed E-state index contributed by atoms with van der Waals surface area (Å²) in [6.07, 6.45) is 0. The van der Waals surface area contributed by atoms with E-state index in [-0.39, 0.29) is 12.1 Å². The third kappa shape index (κ3) is 2.62. The Balaban J connectivity index is 2.33. The summed E-state index contributed by atoms with van der Waals surface area (Å²) in [5, 5.41) is 2.31. The fourth-order valence-corrected chi connectivity index (χ4v) is 2.72. The van der Waals surface area contributed by atoms with Crippen LogP contribution in [0.15, 0.2) is 44.9 Å². The lowest BCUT2D eigenvalue weighted by molar-refractivity contribution is 0.699. The third-order valence-corrected chi connectivity index (χ3v) is 4.02. The van der Waals surface area contributed by atoms with Crippen molar-refractivity contribution in [3.63, 3.8) is 0 Å². The molecule has 7 nitrogen and oxygen atoms in total. The molecule has 0 radical (unpaired) electrons. The van der Waals surface area contributed by atoms with Crippen molar-refractivity contribution in [3.8, 4) is 0 Å². The van der Waals surface area contributed by atoms with Crippen LogP contribution in [0.4, 0.5) is 0 Å². The molecule has 0 fully saturated rings. The summed E-state index contributed by atoms with van der Waals surface area (Å²) in [6, 6.07) is 9.71. The van der Waals surface area contributed by atoms with Gasteiger partial charge in [0.25, 0.3) is 5.56 Å². The third-order valence-electron chi connectivity index (χ3n) is 3.90. The summed E-state index contributed by atoms with van der Waals surface area (Å²) in [5.41, 5.74) is 0.933. The average molecular weight is 341 g/mol. The number of aliphatic imine (C=N–C) groups is 1. The maximum atomic E-state index is 12.6. The molecular weight excluding hydrogens is 326 g/mol. The van der Waals surface area contributed by atoms with Gasteiger partial charge in [0.15, 0.2) is 11.2 Å². The van der Waals surface area contributed by atoms with E-state index in [1.807, 2.05) is 30.3 Å². The van der Waals surface area contributed by atoms with Crippen molar-refractivity contribution < 1.29 is 0 Å². The first-order valence-electron chi connectivity index (χ1n) is 7.27. The van der Waals surface area contributed by atoms with Crippen molar-refractivity contribution in [1.82, 2.24) is 18.7 Å². The van der Waals surface area contributed by atoms with Crippen LogP contribution in [-0.4, -0.2) is 23.8 Å². The van der Waals surface area contributed by atoms with Crippen molar-refractivity contribution in [1.29, 1.82) is 0 Å². The highest BCUT2D eigenvalue weighted by molar-refractivity contribution is 7.78. The number of aromatic nitrogens is 4. The molecule has 0 atom stereocenters. The second-order valence-corrected chi connectivity index (χ2v) is 5.57. The van der Waals surface area contributed by atoms with Gasteiger partial charge in [-0.3, -0.25) is 13.9 Å². The summed E-state index contributed by atoms with van der Waals surface area (Å²) in [7, 11) is 3.05. The maximum absolute atomic E-state index is 12.6. The summed E-state index contributed by atoms with van der Waals surface area (Å²) in [6.45, 7) is 0.648. The minimum Gasteiger partial charge on any atom is -0.316 e. The number of isothiocyanates is 1. The lowest BCUT2D eigenvalue weighted by Crippen LogP contribution is -2.37. The monoisotopic (exact) mass is 341 g/mol. The van der Waals surface area contributed by atoms with E-state index >= 15 is 0 Å². The molecule has 0 spiro atoms. The molecule has 0 saturated heterocycles. The van der Waals surface area contributed by atoms with E-state index in [1.54, 1.807) is 11.6 Å². The molecule has 0 amide bonds. The zero-order valence-corrected chi connectivity index (χ0v) is 14.1. The van der Waals surface area contributed by atoms with Crippen molar-refractivity contribution in [2.75, 3.05) is 0 Å². The van der Waals surface area contributed by atoms with E-state index in [9.17, 15) is 9.59 Å². The number of nitrogens with zero attached hydrogens (tertiary/aromatic N) is 5. The van der Waals surface area contributed by atoms with Gasteiger partial charge in [-0.2, -0.15) is 0 Å². The van der Waals surface area contributed by atoms with Crippen LogP contribution in [0.3, 0.4) is 0 Å². The predicted octanol–water partition coefficient (Wildman–Crippen LogP) is 1.08. The minimum absolute atomic E-state index is 0.197. The van der Waals surface area contributed by atoms with Crippen molar-refractivity contribution in [2.45, 2.75) is 13.1 Å². The molecule has 24 heavy (non-hydrogen) atoms. The summed E-state index contributed by atoms with van der Waals surface area (Å²) < 4.78 is 4.23. The van der Waals surface area contributed by atoms with Crippen LogP contribution in [0.25, 0.3) is 11.2 Å². The smallest absolute Gasteiger partial charge is 0.316 e. The van der Waals surface area contributed by atoms with Gasteiger partial charge in [0.05, 0.1) is 5.16 Å². The molecule has 0 saturated carbocycles. The summed E-state index contributed by atoms with van der Waals surface area (Å²) in [5.74, 6) is 0.560. The molecule has 0 N–H and O–H groups in total. The lowest BCUT2D eigenvalue weighted by Gasteiger charge is -2.08. The van der Waals surface area contributed by atoms with Crippen LogP contribution in [0, 0.1) is 0 Å². The molecule has 3 aromatic rings. The van der Waals surface area contributed by atoms with E-state index in [0.29, 0.717) is 23.5 Å². The standard InChI is InChI=1S/C16H15N5O2S/c1-19-14-13(15(22)20(2)16(19)23)21(12(18-14)8-17-10-24)9-11-6-4-3-5-7-11/h3-7H,8-9H2,1-2H3. The highest BCUT2D eigenvalue weighted by Crippen LogP contribution is 2.14. The summed E-state index contributed by atoms with van der Waals surface area (Å²) >= 11 is 4.62. The van der Waals surface area contributed by atoms with Crippen molar-refractivity contribution in [2.24, 2.45) is 19.1 Å². The molecule has 0 aliphatic carbocycles. The molecule has 8 heteroatoms. The fourth-order valence-electron chi connectivity index (χ4n) is 2.65. The Morgan fingerprint density at radius 1 is 1.17 bits per heavy atom. The topological polar surface area (TPSA) is 74.2 Å². The second kappa shape index (κ2) is 6.35. The second-order valence-electron chi connectivity index (χ2n) is 5.39. The number of fused-ring (bicyclic) bond motifs is 1. The van der Waals surface area contributed by atoms with Crippen LogP contribution in [-0.2, 0) is 27.2 Å². The Labute approximate surface area is 142 Å². The van der Waals surface area contributed by atoms with E-state index < -0.39 is 5.69 Å². The Morgan fingerprint density at radius 2 is 1.88 bits per heavy atom. The van der Waals surface area contributed by atoms with Crippen molar-refractivity contribution in [3.05, 3.63) is 62.6 Å². The van der Waals surface area contributed by atoms with E-state index in [0.717, 1.165) is 10.1 Å². The van der Waals surface area contributed by atoms with Gasteiger partial charge in [-0.25, -0.2) is 14.8 Å². The van der Waals surface area contributed by atoms with Crippen LogP contribution >= 0.6 is 12.2 Å². The number of aryl methyl sites for hydroxylation is 1. The van der Waals surface area contributed by atoms with Gasteiger partial charge >= 0.3 is 5.69 Å². The largest absolute Gasteiger partial charge is 0.332 e. The fraction of sp³-hybridized carbons (Fsp3) is 0.250. The Bertz CT molecular complexity index is 1070. The lowest BCUT2D eigenvalue weighted by atomic mass is 10.2. The molecule has 3 rings (SSSR count). The quantitative estimate of drug-likeness (QED) is 0.526. The van der Waals surface area contributed by atoms with E-state index in [2.05, 4.69) is 27.4 Å². The molecule has 2 aromatic heterocycles. The SMILES string of the molecule is Cn1c(=O)c2c(nc(CN=C=S)n2Cc2ccccc2)n(C)c1=O. The molecule has 0 bridgehead atoms. The van der Waals surface area contributed by atoms with Crippen molar-refractivity contribution >= 4 is 28.5 Å². The first-order chi connectivity index (χ1) is 11.5. The molecule has 0 aliphatic heterocycles. The normalized spacial score (nSPS) is 10.8. The maximum Gasteiger partial charge on any atom is 0.332 e. The Hall–Kier alpha value is -2.83. The average Bonchev–Trinajstić information content (AvgIpc) is 2.95. The first kappa shape index (κ1) is 16.0. The van der Waals surface area contributed by atoms with Crippen LogP contribution in [0.2, 0.25) is 0 Å². The van der Waals surface area contributed by atoms with Gasteiger partial charge in [-0.15, -0.1) is 0 Å². The van der Waals surface area contributed by atoms with Gasteiger partial charge in [-0.1, -0.05) is 30.3 Å². The number of benzene rings is 1. The molecular formula is C16H15N5O2S. The highest BCUT2D eigenvalue weighted by atomic mass is 32.1. The number of rotatable bonds is 4. The number of hydrogen-bond donors (Lipinski definition) is 0. The van der Waals surface area contributed by atoms with Crippen LogP contribution in [0.5, 0.6) is 0 Å². The van der Waals surface area contributed by atoms with E-state index in [1.165, 1.54) is 11.6 Å².